The molecule has 1 rings (SSSR count). The molecule has 0 aliphatic rings. The van der Waals surface area contributed by atoms with Crippen molar-refractivity contribution in [2.24, 2.45) is 0 Å². The molecule has 21 heavy (non-hydrogen) atoms. The third-order valence-corrected chi connectivity index (χ3v) is 4.08. The summed E-state index contributed by atoms with van der Waals surface area (Å²) < 4.78 is 29.4. The highest BCUT2D eigenvalue weighted by Gasteiger charge is 2.14. The van der Waals surface area contributed by atoms with Gasteiger partial charge in [-0.2, -0.15) is 0 Å². The van der Waals surface area contributed by atoms with Crippen LogP contribution in [0.25, 0.3) is 0 Å². The minimum Gasteiger partial charge on any atom is -0.494 e. The van der Waals surface area contributed by atoms with Gasteiger partial charge in [0, 0.05) is 20.1 Å². The van der Waals surface area contributed by atoms with Crippen LogP contribution in [-0.2, 0) is 10.0 Å². The number of hydrogen-bond donors (Lipinski definition) is 2. The zero-order valence-electron chi connectivity index (χ0n) is 13.1. The fraction of sp³-hybridized carbons (Fsp3) is 0.571. The van der Waals surface area contributed by atoms with Crippen molar-refractivity contribution < 1.29 is 13.2 Å². The summed E-state index contributed by atoms with van der Waals surface area (Å²) in [6.07, 6.45) is 0.903. The molecule has 0 heterocycles. The minimum absolute atomic E-state index is 0.213. The van der Waals surface area contributed by atoms with Gasteiger partial charge in [0.25, 0.3) is 10.0 Å². The number of hydrazine groups is 1. The van der Waals surface area contributed by atoms with Gasteiger partial charge in [-0.25, -0.2) is 13.4 Å². The van der Waals surface area contributed by atoms with Crippen molar-refractivity contribution in [3.63, 3.8) is 0 Å². The van der Waals surface area contributed by atoms with E-state index in [0.29, 0.717) is 18.4 Å². The number of sulfonamides is 1. The first kappa shape index (κ1) is 17.9. The lowest BCUT2D eigenvalue weighted by atomic mass is 10.3. The van der Waals surface area contributed by atoms with Gasteiger partial charge in [0.1, 0.15) is 5.75 Å². The summed E-state index contributed by atoms with van der Waals surface area (Å²) >= 11 is 0. The molecular formula is C14H25N3O3S. The van der Waals surface area contributed by atoms with Gasteiger partial charge in [-0.05, 0) is 37.2 Å². The van der Waals surface area contributed by atoms with E-state index in [-0.39, 0.29) is 4.90 Å². The molecule has 0 unspecified atom stereocenters. The molecule has 1 aromatic carbocycles. The number of nitrogens with zero attached hydrogens (tertiary/aromatic N) is 1. The first-order valence-corrected chi connectivity index (χ1v) is 8.45. The Morgan fingerprint density at radius 1 is 1.19 bits per heavy atom. The maximum Gasteiger partial charge on any atom is 0.253 e. The number of benzene rings is 1. The van der Waals surface area contributed by atoms with Gasteiger partial charge in [-0.3, -0.25) is 0 Å². The molecule has 0 aliphatic carbocycles. The summed E-state index contributed by atoms with van der Waals surface area (Å²) in [5.41, 5.74) is 0. The Bertz CT molecular complexity index is 513. The lowest BCUT2D eigenvalue weighted by Gasteiger charge is -2.13. The van der Waals surface area contributed by atoms with E-state index in [4.69, 9.17) is 4.74 Å². The number of nitrogens with one attached hydrogen (secondary N) is 2. The van der Waals surface area contributed by atoms with Crippen molar-refractivity contribution in [3.8, 4) is 5.75 Å². The summed E-state index contributed by atoms with van der Waals surface area (Å²) in [7, 11) is -0.254. The third kappa shape index (κ3) is 6.90. The van der Waals surface area contributed by atoms with Gasteiger partial charge in [0.15, 0.2) is 0 Å². The standard InChI is InChI=1S/C14H25N3O3S/c1-12(2)15-10-5-11-20-13-6-8-14(9-7-13)21(18,19)16-17(3)4/h6-9,12,15-16H,5,10-11H2,1-4H3. The smallest absolute Gasteiger partial charge is 0.253 e. The van der Waals surface area contributed by atoms with Gasteiger partial charge < -0.3 is 10.1 Å². The highest BCUT2D eigenvalue weighted by atomic mass is 32.2. The van der Waals surface area contributed by atoms with Crippen molar-refractivity contribution in [3.05, 3.63) is 24.3 Å². The van der Waals surface area contributed by atoms with E-state index in [1.807, 2.05) is 0 Å². The molecule has 0 aromatic heterocycles. The van der Waals surface area contributed by atoms with E-state index < -0.39 is 10.0 Å². The fourth-order valence-electron chi connectivity index (χ4n) is 1.66. The monoisotopic (exact) mass is 315 g/mol. The molecule has 0 bridgehead atoms. The van der Waals surface area contributed by atoms with Crippen LogP contribution in [0.3, 0.4) is 0 Å². The van der Waals surface area contributed by atoms with Crippen molar-refractivity contribution in [2.75, 3.05) is 27.2 Å². The molecule has 7 heteroatoms. The zero-order valence-corrected chi connectivity index (χ0v) is 13.9. The second kappa shape index (κ2) is 8.33. The molecule has 120 valence electrons. The molecule has 0 spiro atoms. The predicted molar refractivity (Wildman–Crippen MR) is 83.7 cm³/mol. The normalized spacial score (nSPS) is 12.1. The van der Waals surface area contributed by atoms with Crippen molar-refractivity contribution in [2.45, 2.75) is 31.2 Å². The van der Waals surface area contributed by atoms with E-state index in [0.717, 1.165) is 13.0 Å². The first-order chi connectivity index (χ1) is 9.81. The summed E-state index contributed by atoms with van der Waals surface area (Å²) in [6, 6.07) is 6.88. The van der Waals surface area contributed by atoms with Crippen LogP contribution in [0.1, 0.15) is 20.3 Å². The van der Waals surface area contributed by atoms with E-state index in [9.17, 15) is 8.42 Å². The average Bonchev–Trinajstić information content (AvgIpc) is 2.37. The largest absolute Gasteiger partial charge is 0.494 e. The van der Waals surface area contributed by atoms with E-state index in [2.05, 4.69) is 24.0 Å². The highest BCUT2D eigenvalue weighted by Crippen LogP contribution is 2.16. The Balaban J connectivity index is 2.47. The van der Waals surface area contributed by atoms with Gasteiger partial charge in [0.2, 0.25) is 0 Å². The van der Waals surface area contributed by atoms with Crippen LogP contribution in [0, 0.1) is 0 Å². The number of rotatable bonds is 9. The maximum atomic E-state index is 11.9. The molecule has 0 radical (unpaired) electrons. The Kier molecular flexibility index (Phi) is 7.10. The van der Waals surface area contributed by atoms with Crippen LogP contribution in [0.4, 0.5) is 0 Å². The van der Waals surface area contributed by atoms with Crippen LogP contribution in [-0.4, -0.2) is 46.7 Å². The molecule has 0 atom stereocenters. The second-order valence-electron chi connectivity index (χ2n) is 5.27. The third-order valence-electron chi connectivity index (χ3n) is 2.58. The predicted octanol–water partition coefficient (Wildman–Crippen LogP) is 1.21. The molecule has 1 aromatic rings. The van der Waals surface area contributed by atoms with Crippen molar-refractivity contribution in [1.29, 1.82) is 0 Å². The van der Waals surface area contributed by atoms with Crippen molar-refractivity contribution in [1.82, 2.24) is 15.2 Å². The minimum atomic E-state index is -3.50. The summed E-state index contributed by atoms with van der Waals surface area (Å²) in [4.78, 5) is 2.59. The SMILES string of the molecule is CC(C)NCCCOc1ccc(S(=O)(=O)NN(C)C)cc1. The molecule has 0 saturated heterocycles. The molecule has 0 aliphatic heterocycles. The van der Waals surface area contributed by atoms with Gasteiger partial charge in [-0.1, -0.05) is 13.8 Å². The Morgan fingerprint density at radius 2 is 1.81 bits per heavy atom. The summed E-state index contributed by atoms with van der Waals surface area (Å²) in [5.74, 6) is 0.670. The van der Waals surface area contributed by atoms with E-state index in [1.54, 1.807) is 26.2 Å². The second-order valence-corrected chi connectivity index (χ2v) is 6.93. The topological polar surface area (TPSA) is 70.7 Å². The van der Waals surface area contributed by atoms with Gasteiger partial charge in [0.05, 0.1) is 11.5 Å². The van der Waals surface area contributed by atoms with Crippen molar-refractivity contribution >= 4 is 10.0 Å². The van der Waals surface area contributed by atoms with Crippen LogP contribution in [0.15, 0.2) is 29.2 Å². The lowest BCUT2D eigenvalue weighted by molar-refractivity contribution is 0.306. The first-order valence-electron chi connectivity index (χ1n) is 6.97. The summed E-state index contributed by atoms with van der Waals surface area (Å²) in [6.45, 7) is 5.70. The van der Waals surface area contributed by atoms with Crippen LogP contribution in [0.2, 0.25) is 0 Å². The van der Waals surface area contributed by atoms with Crippen LogP contribution >= 0.6 is 0 Å². The molecular weight excluding hydrogens is 290 g/mol. The average molecular weight is 315 g/mol. The quantitative estimate of drug-likeness (QED) is 0.529. The molecule has 0 amide bonds. The van der Waals surface area contributed by atoms with Crippen LogP contribution < -0.4 is 14.9 Å². The summed E-state index contributed by atoms with van der Waals surface area (Å²) in [5, 5.41) is 4.70. The zero-order chi connectivity index (χ0) is 15.9. The Morgan fingerprint density at radius 3 is 2.33 bits per heavy atom. The Labute approximate surface area is 127 Å². The Hall–Kier alpha value is -1.15. The van der Waals surface area contributed by atoms with E-state index in [1.165, 1.54) is 17.1 Å². The van der Waals surface area contributed by atoms with E-state index >= 15 is 0 Å². The molecule has 6 nitrogen and oxygen atoms in total. The van der Waals surface area contributed by atoms with Gasteiger partial charge >= 0.3 is 0 Å². The molecule has 0 fully saturated rings. The van der Waals surface area contributed by atoms with Gasteiger partial charge in [-0.15, -0.1) is 4.83 Å². The highest BCUT2D eigenvalue weighted by molar-refractivity contribution is 7.89. The fourth-order valence-corrected chi connectivity index (χ4v) is 2.74. The molecule has 2 N–H and O–H groups in total. The number of hydrogen-bond acceptors (Lipinski definition) is 5. The number of ether oxygens (including phenoxy) is 1. The lowest BCUT2D eigenvalue weighted by Crippen LogP contribution is -2.36. The maximum absolute atomic E-state index is 11.9. The van der Waals surface area contributed by atoms with Crippen LogP contribution in [0.5, 0.6) is 5.75 Å². The molecule has 0 saturated carbocycles.